The third kappa shape index (κ3) is 4.99. The van der Waals surface area contributed by atoms with Gasteiger partial charge in [0.25, 0.3) is 5.91 Å². The van der Waals surface area contributed by atoms with Crippen molar-refractivity contribution in [2.45, 2.75) is 6.92 Å². The van der Waals surface area contributed by atoms with Crippen LogP contribution in [0.5, 0.6) is 11.5 Å². The molecule has 1 N–H and O–H groups in total. The quantitative estimate of drug-likeness (QED) is 0.326. The predicted molar refractivity (Wildman–Crippen MR) is 113 cm³/mol. The number of hydrogen-bond acceptors (Lipinski definition) is 4. The van der Waals surface area contributed by atoms with E-state index in [2.05, 4.69) is 43.8 Å². The van der Waals surface area contributed by atoms with Gasteiger partial charge < -0.3 is 14.8 Å². The number of amides is 1. The van der Waals surface area contributed by atoms with Crippen molar-refractivity contribution in [2.24, 2.45) is 0 Å². The molecule has 0 aliphatic heterocycles. The molecule has 0 aromatic heterocycles. The van der Waals surface area contributed by atoms with Gasteiger partial charge in [-0.15, -0.1) is 0 Å². The molecule has 7 heteroatoms. The number of nitriles is 1. The number of para-hydroxylation sites is 1. The van der Waals surface area contributed by atoms with E-state index in [0.717, 1.165) is 3.57 Å². The molecule has 2 aromatic rings. The van der Waals surface area contributed by atoms with Crippen molar-refractivity contribution in [3.05, 3.63) is 55.6 Å². The van der Waals surface area contributed by atoms with Gasteiger partial charge in [-0.25, -0.2) is 0 Å². The molecule has 0 aliphatic rings. The Labute approximate surface area is 174 Å². The number of methoxy groups -OCH3 is 1. The summed E-state index contributed by atoms with van der Waals surface area (Å²) in [6, 6.07) is 12.8. The summed E-state index contributed by atoms with van der Waals surface area (Å²) >= 11 is 5.56. The topological polar surface area (TPSA) is 71.3 Å². The maximum atomic E-state index is 12.4. The molecule has 0 spiro atoms. The second kappa shape index (κ2) is 9.59. The Hall–Kier alpha value is -2.05. The van der Waals surface area contributed by atoms with Crippen LogP contribution >= 0.6 is 38.5 Å². The highest BCUT2D eigenvalue weighted by Gasteiger charge is 2.14. The Morgan fingerprint density at radius 1 is 1.38 bits per heavy atom. The van der Waals surface area contributed by atoms with Gasteiger partial charge in [-0.05, 0) is 81.3 Å². The monoisotopic (exact) mass is 526 g/mol. The van der Waals surface area contributed by atoms with Gasteiger partial charge in [0.2, 0.25) is 0 Å². The molecule has 26 heavy (non-hydrogen) atoms. The van der Waals surface area contributed by atoms with E-state index < -0.39 is 5.91 Å². The molecule has 0 aliphatic carbocycles. The normalized spacial score (nSPS) is 10.8. The molecule has 134 valence electrons. The molecule has 0 bridgehead atoms. The largest absolute Gasteiger partial charge is 0.493 e. The number of carbonyl (C=O) groups is 1. The lowest BCUT2D eigenvalue weighted by molar-refractivity contribution is -0.112. The van der Waals surface area contributed by atoms with Gasteiger partial charge in [0.1, 0.15) is 11.6 Å². The highest BCUT2D eigenvalue weighted by Crippen LogP contribution is 2.37. The molecular formula is C19H16BrIN2O3. The van der Waals surface area contributed by atoms with Crippen molar-refractivity contribution in [2.75, 3.05) is 19.0 Å². The van der Waals surface area contributed by atoms with Crippen molar-refractivity contribution in [1.29, 1.82) is 5.26 Å². The van der Waals surface area contributed by atoms with Gasteiger partial charge in [0.05, 0.1) is 23.9 Å². The first-order chi connectivity index (χ1) is 12.5. The molecular weight excluding hydrogens is 511 g/mol. The molecule has 0 unspecified atom stereocenters. The minimum Gasteiger partial charge on any atom is -0.493 e. The van der Waals surface area contributed by atoms with Crippen LogP contribution in [-0.4, -0.2) is 19.6 Å². The highest BCUT2D eigenvalue weighted by atomic mass is 127. The van der Waals surface area contributed by atoms with E-state index in [1.54, 1.807) is 18.2 Å². The number of anilines is 1. The lowest BCUT2D eigenvalue weighted by Gasteiger charge is -2.12. The minimum atomic E-state index is -0.472. The maximum Gasteiger partial charge on any atom is 0.266 e. The van der Waals surface area contributed by atoms with Crippen molar-refractivity contribution in [3.63, 3.8) is 0 Å². The first-order valence-corrected chi connectivity index (χ1v) is 9.55. The average molecular weight is 527 g/mol. The summed E-state index contributed by atoms with van der Waals surface area (Å²) < 4.78 is 12.5. The second-order valence-electron chi connectivity index (χ2n) is 5.07. The zero-order valence-electron chi connectivity index (χ0n) is 14.2. The first-order valence-electron chi connectivity index (χ1n) is 7.68. The average Bonchev–Trinajstić information content (AvgIpc) is 2.63. The number of rotatable bonds is 6. The van der Waals surface area contributed by atoms with E-state index in [0.29, 0.717) is 33.8 Å². The summed E-state index contributed by atoms with van der Waals surface area (Å²) in [5.41, 5.74) is 1.29. The van der Waals surface area contributed by atoms with E-state index in [9.17, 15) is 10.1 Å². The zero-order valence-corrected chi connectivity index (χ0v) is 17.9. The Bertz CT molecular complexity index is 891. The SMILES string of the molecule is CCOc1c(Br)cc(/C=C(\C#N)C(=O)Nc2ccccc2I)cc1OC. The third-order valence-corrected chi connectivity index (χ3v) is 4.87. The molecule has 0 atom stereocenters. The third-order valence-electron chi connectivity index (χ3n) is 3.34. The van der Waals surface area contributed by atoms with Crippen molar-refractivity contribution in [3.8, 4) is 17.6 Å². The smallest absolute Gasteiger partial charge is 0.266 e. The summed E-state index contributed by atoms with van der Waals surface area (Å²) in [7, 11) is 1.53. The van der Waals surface area contributed by atoms with Crippen LogP contribution < -0.4 is 14.8 Å². The van der Waals surface area contributed by atoms with Gasteiger partial charge >= 0.3 is 0 Å². The lowest BCUT2D eigenvalue weighted by atomic mass is 10.1. The van der Waals surface area contributed by atoms with Crippen LogP contribution in [0.15, 0.2) is 46.4 Å². The van der Waals surface area contributed by atoms with Gasteiger partial charge in [-0.2, -0.15) is 5.26 Å². The van der Waals surface area contributed by atoms with Crippen molar-refractivity contribution < 1.29 is 14.3 Å². The molecule has 0 saturated heterocycles. The fraction of sp³-hybridized carbons (Fsp3) is 0.158. The van der Waals surface area contributed by atoms with Gasteiger partial charge in [0.15, 0.2) is 11.5 Å². The molecule has 2 rings (SSSR count). The van der Waals surface area contributed by atoms with Crippen LogP contribution in [0.3, 0.4) is 0 Å². The molecule has 5 nitrogen and oxygen atoms in total. The molecule has 0 radical (unpaired) electrons. The molecule has 1 amide bonds. The van der Waals surface area contributed by atoms with Crippen LogP contribution in [0.2, 0.25) is 0 Å². The Balaban J connectivity index is 2.34. The molecule has 2 aromatic carbocycles. The van der Waals surface area contributed by atoms with E-state index in [1.165, 1.54) is 13.2 Å². The number of hydrogen-bond donors (Lipinski definition) is 1. The number of nitrogens with zero attached hydrogens (tertiary/aromatic N) is 1. The summed E-state index contributed by atoms with van der Waals surface area (Å²) in [5, 5.41) is 12.1. The van der Waals surface area contributed by atoms with Crippen molar-refractivity contribution in [1.82, 2.24) is 0 Å². The Morgan fingerprint density at radius 2 is 2.12 bits per heavy atom. The summed E-state index contributed by atoms with van der Waals surface area (Å²) in [5.74, 6) is 0.623. The van der Waals surface area contributed by atoms with E-state index in [4.69, 9.17) is 9.47 Å². The Morgan fingerprint density at radius 3 is 2.73 bits per heavy atom. The number of nitrogens with one attached hydrogen (secondary N) is 1. The fourth-order valence-electron chi connectivity index (χ4n) is 2.18. The van der Waals surface area contributed by atoms with Crippen LogP contribution in [-0.2, 0) is 4.79 Å². The van der Waals surface area contributed by atoms with Crippen LogP contribution in [0.1, 0.15) is 12.5 Å². The number of benzene rings is 2. The van der Waals surface area contributed by atoms with Crippen LogP contribution in [0.4, 0.5) is 5.69 Å². The fourth-order valence-corrected chi connectivity index (χ4v) is 3.27. The van der Waals surface area contributed by atoms with Crippen molar-refractivity contribution >= 4 is 56.2 Å². The van der Waals surface area contributed by atoms with E-state index in [-0.39, 0.29) is 5.57 Å². The summed E-state index contributed by atoms with van der Waals surface area (Å²) in [6.45, 7) is 2.37. The van der Waals surface area contributed by atoms with Gasteiger partial charge in [-0.3, -0.25) is 4.79 Å². The van der Waals surface area contributed by atoms with Gasteiger partial charge in [0, 0.05) is 3.57 Å². The minimum absolute atomic E-state index is 0.0113. The Kier molecular flexibility index (Phi) is 7.48. The predicted octanol–water partition coefficient (Wildman–Crippen LogP) is 5.01. The van der Waals surface area contributed by atoms with E-state index >= 15 is 0 Å². The zero-order chi connectivity index (χ0) is 19.1. The summed E-state index contributed by atoms with van der Waals surface area (Å²) in [4.78, 5) is 12.4. The number of ether oxygens (including phenoxy) is 2. The molecule has 0 saturated carbocycles. The molecule has 0 fully saturated rings. The highest BCUT2D eigenvalue weighted by molar-refractivity contribution is 14.1. The summed E-state index contributed by atoms with van der Waals surface area (Å²) in [6.07, 6.45) is 1.51. The van der Waals surface area contributed by atoms with Gasteiger partial charge in [-0.1, -0.05) is 12.1 Å². The second-order valence-corrected chi connectivity index (χ2v) is 7.09. The maximum absolute atomic E-state index is 12.4. The number of carbonyl (C=O) groups excluding carboxylic acids is 1. The van der Waals surface area contributed by atoms with E-state index in [1.807, 2.05) is 31.2 Å². The standard InChI is InChI=1S/C19H16BrIN2O3/c1-3-26-18-14(20)9-12(10-17(18)25-2)8-13(11-22)19(24)23-16-7-5-4-6-15(16)21/h4-10H,3H2,1-2H3,(H,23,24)/b13-8+. The first kappa shape index (κ1) is 20.3. The van der Waals surface area contributed by atoms with Crippen LogP contribution in [0, 0.1) is 14.9 Å². The molecule has 0 heterocycles. The van der Waals surface area contributed by atoms with Crippen LogP contribution in [0.25, 0.3) is 6.08 Å². The number of halogens is 2. The lowest BCUT2D eigenvalue weighted by Crippen LogP contribution is -2.14.